The van der Waals surface area contributed by atoms with Gasteiger partial charge in [0.05, 0.1) is 5.39 Å². The van der Waals surface area contributed by atoms with Crippen LogP contribution in [0.1, 0.15) is 0 Å². The van der Waals surface area contributed by atoms with E-state index in [2.05, 4.69) is 5.16 Å². The largest absolute Gasteiger partial charge is 0.504 e. The standard InChI is InChI=1S/C7H3ClINO3/c8-4-5(12)3(11)1-2-6(4)13-10-7(2)9/h1,11-12H. The van der Waals surface area contributed by atoms with E-state index in [0.717, 1.165) is 0 Å². The number of aromatic nitrogens is 1. The summed E-state index contributed by atoms with van der Waals surface area (Å²) in [5.41, 5.74) is 0.279. The van der Waals surface area contributed by atoms with Crippen LogP contribution in [0.2, 0.25) is 5.02 Å². The van der Waals surface area contributed by atoms with E-state index < -0.39 is 0 Å². The van der Waals surface area contributed by atoms with Gasteiger partial charge in [0.2, 0.25) is 0 Å². The third kappa shape index (κ3) is 1.22. The maximum Gasteiger partial charge on any atom is 0.190 e. The van der Waals surface area contributed by atoms with Crippen molar-refractivity contribution in [3.63, 3.8) is 0 Å². The van der Waals surface area contributed by atoms with E-state index in [0.29, 0.717) is 9.09 Å². The Morgan fingerprint density at radius 2 is 2.15 bits per heavy atom. The zero-order chi connectivity index (χ0) is 9.59. The van der Waals surface area contributed by atoms with E-state index in [-0.39, 0.29) is 22.1 Å². The predicted octanol–water partition coefficient (Wildman–Crippen LogP) is 2.50. The molecule has 4 nitrogen and oxygen atoms in total. The van der Waals surface area contributed by atoms with Crippen molar-refractivity contribution in [2.45, 2.75) is 0 Å². The first-order chi connectivity index (χ1) is 6.11. The highest BCUT2D eigenvalue weighted by atomic mass is 127. The van der Waals surface area contributed by atoms with Crippen molar-refractivity contribution >= 4 is 45.2 Å². The molecule has 0 radical (unpaired) electrons. The quantitative estimate of drug-likeness (QED) is 0.579. The van der Waals surface area contributed by atoms with Crippen molar-refractivity contribution in [1.82, 2.24) is 5.16 Å². The summed E-state index contributed by atoms with van der Waals surface area (Å²) in [4.78, 5) is 0. The van der Waals surface area contributed by atoms with E-state index in [9.17, 15) is 10.2 Å². The molecule has 2 rings (SSSR count). The number of rotatable bonds is 0. The zero-order valence-electron chi connectivity index (χ0n) is 6.08. The monoisotopic (exact) mass is 311 g/mol. The molecular weight excluding hydrogens is 308 g/mol. The first kappa shape index (κ1) is 8.89. The van der Waals surface area contributed by atoms with Crippen LogP contribution >= 0.6 is 34.2 Å². The Kier molecular flexibility index (Phi) is 1.99. The van der Waals surface area contributed by atoms with E-state index in [4.69, 9.17) is 16.1 Å². The van der Waals surface area contributed by atoms with Crippen LogP contribution in [0, 0.1) is 3.70 Å². The molecule has 0 fully saturated rings. The van der Waals surface area contributed by atoms with Gasteiger partial charge in [-0.1, -0.05) is 16.8 Å². The third-order valence-corrected chi connectivity index (χ3v) is 2.74. The van der Waals surface area contributed by atoms with Gasteiger partial charge in [0.1, 0.15) is 5.02 Å². The Morgan fingerprint density at radius 1 is 1.46 bits per heavy atom. The molecule has 0 atom stereocenters. The molecule has 0 unspecified atom stereocenters. The first-order valence-corrected chi connectivity index (χ1v) is 4.72. The van der Waals surface area contributed by atoms with Gasteiger partial charge in [0, 0.05) is 0 Å². The molecule has 0 bridgehead atoms. The summed E-state index contributed by atoms with van der Waals surface area (Å²) >= 11 is 7.64. The number of benzene rings is 1. The summed E-state index contributed by atoms with van der Waals surface area (Å²) in [7, 11) is 0. The maximum absolute atomic E-state index is 9.24. The normalized spacial score (nSPS) is 10.9. The SMILES string of the molecule is Oc1cc2c(I)noc2c(Cl)c1O. The molecule has 68 valence electrons. The third-order valence-electron chi connectivity index (χ3n) is 1.61. The Hall–Kier alpha value is -0.690. The van der Waals surface area contributed by atoms with Gasteiger partial charge >= 0.3 is 0 Å². The van der Waals surface area contributed by atoms with Gasteiger partial charge in [-0.2, -0.15) is 0 Å². The van der Waals surface area contributed by atoms with Crippen LogP contribution in [0.3, 0.4) is 0 Å². The molecule has 0 aliphatic carbocycles. The molecule has 2 aromatic rings. The molecule has 1 heterocycles. The van der Waals surface area contributed by atoms with Crippen molar-refractivity contribution in [2.75, 3.05) is 0 Å². The fourth-order valence-corrected chi connectivity index (χ4v) is 1.72. The second kappa shape index (κ2) is 2.91. The van der Waals surface area contributed by atoms with Gasteiger partial charge in [0.25, 0.3) is 0 Å². The molecule has 0 amide bonds. The lowest BCUT2D eigenvalue weighted by molar-refractivity contribution is 0.402. The molecule has 1 aromatic carbocycles. The Bertz CT molecular complexity index is 482. The molecule has 0 saturated heterocycles. The van der Waals surface area contributed by atoms with E-state index in [1.54, 1.807) is 0 Å². The minimum Gasteiger partial charge on any atom is -0.504 e. The molecule has 6 heteroatoms. The van der Waals surface area contributed by atoms with Crippen molar-refractivity contribution in [2.24, 2.45) is 0 Å². The van der Waals surface area contributed by atoms with Crippen LogP contribution in [-0.4, -0.2) is 15.4 Å². The van der Waals surface area contributed by atoms with E-state index in [1.807, 2.05) is 22.6 Å². The highest BCUT2D eigenvalue weighted by Crippen LogP contribution is 2.40. The van der Waals surface area contributed by atoms with Crippen LogP contribution in [-0.2, 0) is 0 Å². The predicted molar refractivity (Wildman–Crippen MR) is 55.1 cm³/mol. The average molecular weight is 311 g/mol. The van der Waals surface area contributed by atoms with Crippen LogP contribution in [0.25, 0.3) is 11.0 Å². The molecule has 0 spiro atoms. The summed E-state index contributed by atoms with van der Waals surface area (Å²) in [6.45, 7) is 0. The highest BCUT2D eigenvalue weighted by Gasteiger charge is 2.16. The Morgan fingerprint density at radius 3 is 2.85 bits per heavy atom. The maximum atomic E-state index is 9.24. The number of phenolic OH excluding ortho intramolecular Hbond substituents is 2. The van der Waals surface area contributed by atoms with E-state index in [1.165, 1.54) is 6.07 Å². The second-order valence-corrected chi connectivity index (χ2v) is 3.81. The summed E-state index contributed by atoms with van der Waals surface area (Å²) in [6, 6.07) is 1.36. The summed E-state index contributed by atoms with van der Waals surface area (Å²) < 4.78 is 5.44. The van der Waals surface area contributed by atoms with Crippen LogP contribution < -0.4 is 0 Å². The second-order valence-electron chi connectivity index (χ2n) is 2.41. The highest BCUT2D eigenvalue weighted by molar-refractivity contribution is 14.1. The van der Waals surface area contributed by atoms with Gasteiger partial charge in [-0.25, -0.2) is 0 Å². The van der Waals surface area contributed by atoms with Crippen LogP contribution in [0.15, 0.2) is 10.6 Å². The van der Waals surface area contributed by atoms with Gasteiger partial charge < -0.3 is 14.7 Å². The van der Waals surface area contributed by atoms with Gasteiger partial charge in [0.15, 0.2) is 20.8 Å². The molecule has 13 heavy (non-hydrogen) atoms. The lowest BCUT2D eigenvalue weighted by Crippen LogP contribution is -1.74. The molecule has 0 aliphatic heterocycles. The molecule has 0 saturated carbocycles. The topological polar surface area (TPSA) is 66.5 Å². The molecular formula is C7H3ClINO3. The Labute approximate surface area is 91.2 Å². The number of halogens is 2. The lowest BCUT2D eigenvalue weighted by Gasteiger charge is -1.98. The van der Waals surface area contributed by atoms with Gasteiger partial charge in [-0.15, -0.1) is 0 Å². The van der Waals surface area contributed by atoms with Crippen molar-refractivity contribution in [3.8, 4) is 11.5 Å². The molecule has 2 N–H and O–H groups in total. The fourth-order valence-electron chi connectivity index (χ4n) is 0.986. The fraction of sp³-hybridized carbons (Fsp3) is 0. The number of nitrogens with zero attached hydrogens (tertiary/aromatic N) is 1. The van der Waals surface area contributed by atoms with Crippen molar-refractivity contribution < 1.29 is 14.7 Å². The van der Waals surface area contributed by atoms with Gasteiger partial charge in [-0.3, -0.25) is 0 Å². The minimum absolute atomic E-state index is 0.0228. The molecule has 0 aliphatic rings. The number of hydrogen-bond acceptors (Lipinski definition) is 4. The first-order valence-electron chi connectivity index (χ1n) is 3.26. The van der Waals surface area contributed by atoms with Gasteiger partial charge in [-0.05, 0) is 28.7 Å². The summed E-state index contributed by atoms with van der Waals surface area (Å²) in [6.07, 6.45) is 0. The van der Waals surface area contributed by atoms with Crippen LogP contribution in [0.5, 0.6) is 11.5 Å². The average Bonchev–Trinajstić information content (AvgIpc) is 2.45. The van der Waals surface area contributed by atoms with E-state index >= 15 is 0 Å². The van der Waals surface area contributed by atoms with Crippen LogP contribution in [0.4, 0.5) is 0 Å². The number of phenols is 2. The summed E-state index contributed by atoms with van der Waals surface area (Å²) in [5, 5.41) is 22.7. The lowest BCUT2D eigenvalue weighted by atomic mass is 10.2. The summed E-state index contributed by atoms with van der Waals surface area (Å²) in [5.74, 6) is -0.666. The van der Waals surface area contributed by atoms with Crippen molar-refractivity contribution in [1.29, 1.82) is 0 Å². The smallest absolute Gasteiger partial charge is 0.190 e. The zero-order valence-corrected chi connectivity index (χ0v) is 9.00. The number of fused-ring (bicyclic) bond motifs is 1. The minimum atomic E-state index is -0.387. The van der Waals surface area contributed by atoms with Crippen molar-refractivity contribution in [3.05, 3.63) is 14.8 Å². The Balaban J connectivity index is 2.96. The number of aromatic hydroxyl groups is 2. The number of hydrogen-bond donors (Lipinski definition) is 2. The molecule has 1 aromatic heterocycles.